The van der Waals surface area contributed by atoms with E-state index in [4.69, 9.17) is 23.7 Å². The van der Waals surface area contributed by atoms with Gasteiger partial charge in [0.1, 0.15) is 47.0 Å². The van der Waals surface area contributed by atoms with E-state index in [-0.39, 0.29) is 118 Å². The Balaban J connectivity index is 1.29. The number of allylic oxidation sites excluding steroid dienone is 6. The third kappa shape index (κ3) is 17.2. The first kappa shape index (κ1) is 70.7. The number of ether oxygens (including phenoxy) is 5. The van der Waals surface area contributed by atoms with Gasteiger partial charge in [-0.05, 0) is 118 Å². The van der Waals surface area contributed by atoms with E-state index in [0.29, 0.717) is 91.7 Å². The number of fused-ring (bicyclic) bond motifs is 6. The second kappa shape index (κ2) is 28.8. The van der Waals surface area contributed by atoms with Gasteiger partial charge in [0.2, 0.25) is 17.5 Å². The Hall–Kier alpha value is -5.75. The molecule has 3 aliphatic heterocycles. The zero-order chi connectivity index (χ0) is 65.5. The summed E-state index contributed by atoms with van der Waals surface area (Å²) in [6.45, 7) is 9.18. The van der Waals surface area contributed by atoms with Crippen LogP contribution in [0.2, 0.25) is 0 Å². The Kier molecular flexibility index (Phi) is 22.9. The fourth-order valence-corrected chi connectivity index (χ4v) is 14.7. The summed E-state index contributed by atoms with van der Waals surface area (Å²) in [5, 5.41) is -0.523. The Morgan fingerprint density at radius 3 is 1.65 bits per heavy atom. The topological polar surface area (TPSA) is 393 Å². The van der Waals surface area contributed by atoms with Crippen LogP contribution in [-0.2, 0) is 99.5 Å². The number of benzene rings is 4. The molecule has 488 valence electrons. The highest BCUT2D eigenvalue weighted by atomic mass is 32.2. The van der Waals surface area contributed by atoms with Gasteiger partial charge in [0, 0.05) is 85.0 Å². The van der Waals surface area contributed by atoms with Crippen LogP contribution in [0.3, 0.4) is 0 Å². The van der Waals surface area contributed by atoms with Gasteiger partial charge in [0.25, 0.3) is 0 Å². The number of Topliss-reactive ketones (excluding diaryl/α,β-unsaturated/α-hetero) is 1. The Bertz CT molecular complexity index is 4110. The van der Waals surface area contributed by atoms with Crippen molar-refractivity contribution in [2.24, 2.45) is 0 Å². The Morgan fingerprint density at radius 1 is 0.618 bits per heavy atom. The predicted molar refractivity (Wildman–Crippen MR) is 317 cm³/mol. The van der Waals surface area contributed by atoms with E-state index in [9.17, 15) is 79.2 Å². The summed E-state index contributed by atoms with van der Waals surface area (Å²) in [4.78, 5) is 36.0. The molecule has 1 atom stereocenters. The lowest BCUT2D eigenvalue weighted by atomic mass is 9.75. The van der Waals surface area contributed by atoms with Gasteiger partial charge in [0.15, 0.2) is 11.5 Å². The lowest BCUT2D eigenvalue weighted by molar-refractivity contribution is -0.438. The summed E-state index contributed by atoms with van der Waals surface area (Å²) < 4.78 is 218. The summed E-state index contributed by atoms with van der Waals surface area (Å²) in [7, 11) is -24.8. The molecule has 0 N–H and O–H groups in total. The smallest absolute Gasteiger partial charge is 0.230 e. The highest BCUT2D eigenvalue weighted by molar-refractivity contribution is 7.87. The number of unbranched alkanes of at least 4 members (excludes halogenated alkanes) is 2. The van der Waals surface area contributed by atoms with Crippen LogP contribution in [0.1, 0.15) is 90.2 Å². The van der Waals surface area contributed by atoms with Gasteiger partial charge in [0.05, 0.1) is 101 Å². The standard InChI is InChI=1S/C58H73N3O23S5/c1-39(11-17-51-57(2,3)55-45-34-41(86(68,69)70)36-49(88(74,75)76)43(45)13-15-47(55)59(51)22-8-6-7-10-40(62)38-61-53(63)19-20-54(61)64)12-18-52-58(4,21-9-33-85(65,66)67)56-46-35-42(87(71,72)73)37-50(89(77,78)79)44(46)14-16-48(56)60(52)23-24-81-27-28-83-31-32-84-30-29-82-26-25-80-5/h11-18,34-37H,6-10,19-33,38H2,1-5H3,(H4-,65,66,67,68,69,70,71,72,73,74,75,76,77,78,79)/p-4. The number of ketones is 1. The van der Waals surface area contributed by atoms with Crippen LogP contribution in [0.25, 0.3) is 21.5 Å². The number of carbonyl (C=O) groups is 3. The van der Waals surface area contributed by atoms with Crippen molar-refractivity contribution in [2.75, 3.05) is 96.9 Å². The Labute approximate surface area is 517 Å². The largest absolute Gasteiger partial charge is 0.748 e. The maximum atomic E-state index is 12.9. The van der Waals surface area contributed by atoms with E-state index in [1.54, 1.807) is 70.1 Å². The van der Waals surface area contributed by atoms with E-state index >= 15 is 0 Å². The van der Waals surface area contributed by atoms with E-state index in [1.807, 2.05) is 4.58 Å². The number of anilines is 1. The molecule has 0 saturated carbocycles. The molecule has 26 nitrogen and oxygen atoms in total. The molecule has 89 heavy (non-hydrogen) atoms. The summed E-state index contributed by atoms with van der Waals surface area (Å²) in [6, 6.07) is 8.65. The first-order valence-electron chi connectivity index (χ1n) is 28.2. The van der Waals surface area contributed by atoms with Crippen molar-refractivity contribution in [1.29, 1.82) is 0 Å². The molecule has 0 spiro atoms. The zero-order valence-electron chi connectivity index (χ0n) is 49.6. The molecule has 31 heteroatoms. The first-order valence-corrected chi connectivity index (χ1v) is 35.4. The van der Waals surface area contributed by atoms with Gasteiger partial charge >= 0.3 is 0 Å². The number of nitrogens with zero attached hydrogens (tertiary/aromatic N) is 3. The number of carbonyl (C=O) groups excluding carboxylic acids is 3. The minimum Gasteiger partial charge on any atom is -0.748 e. The van der Waals surface area contributed by atoms with E-state index in [0.717, 1.165) is 17.0 Å². The van der Waals surface area contributed by atoms with Crippen molar-refractivity contribution >= 4 is 107 Å². The van der Waals surface area contributed by atoms with Gasteiger partial charge in [-0.3, -0.25) is 19.3 Å². The molecule has 0 aromatic heterocycles. The van der Waals surface area contributed by atoms with Gasteiger partial charge in [-0.25, -0.2) is 42.1 Å². The van der Waals surface area contributed by atoms with Crippen molar-refractivity contribution in [2.45, 2.75) is 109 Å². The average molecular weight is 1340 g/mol. The molecular formula is C58H69N3O23S5-4. The number of amides is 2. The molecule has 2 amide bonds. The monoisotopic (exact) mass is 1340 g/mol. The third-order valence-corrected chi connectivity index (χ3v) is 19.8. The number of rotatable bonds is 34. The van der Waals surface area contributed by atoms with Gasteiger partial charge in [-0.1, -0.05) is 23.8 Å². The second-order valence-corrected chi connectivity index (χ2v) is 29.2. The van der Waals surface area contributed by atoms with Crippen LogP contribution in [0.15, 0.2) is 104 Å². The molecule has 7 rings (SSSR count). The zero-order valence-corrected chi connectivity index (χ0v) is 53.6. The maximum Gasteiger partial charge on any atom is 0.230 e. The molecule has 1 unspecified atom stereocenters. The van der Waals surface area contributed by atoms with Gasteiger partial charge in [-0.15, -0.1) is 0 Å². The SMILES string of the molecule is COCCOCCOCCOCCOCCN1C(=CC=C(C)C=CC2=[N+](CCCCCC(=O)CN3C(=O)CCC3=O)c3ccc4c(S(=O)(=O)[O-])cc(S(=O)(=O)[O-])cc4c3C2(C)C)C(C)(CCCS(=O)(=O)[O-])c2c1ccc1c(S(=O)(=O)[O-])cc(S(=O)(=O)[O-])cc21. The number of methoxy groups -OCH3 is 1. The molecule has 0 radical (unpaired) electrons. The molecule has 3 heterocycles. The van der Waals surface area contributed by atoms with Crippen molar-refractivity contribution in [3.8, 4) is 0 Å². The molecule has 3 aliphatic rings. The van der Waals surface area contributed by atoms with Crippen molar-refractivity contribution in [1.82, 2.24) is 4.90 Å². The summed E-state index contributed by atoms with van der Waals surface area (Å²) >= 11 is 0. The predicted octanol–water partition coefficient (Wildman–Crippen LogP) is 4.47. The number of hydrogen-bond acceptors (Lipinski definition) is 24. The minimum absolute atomic E-state index is 0.00379. The number of imide groups is 1. The van der Waals surface area contributed by atoms with Gasteiger partial charge < -0.3 is 51.3 Å². The second-order valence-electron chi connectivity index (χ2n) is 22.2. The van der Waals surface area contributed by atoms with Crippen LogP contribution in [0.4, 0.5) is 11.4 Å². The van der Waals surface area contributed by atoms with Crippen LogP contribution < -0.4 is 4.90 Å². The quantitative estimate of drug-likeness (QED) is 0.0205. The van der Waals surface area contributed by atoms with Crippen molar-refractivity contribution < 1.29 is 107 Å². The molecular weight excluding hydrogens is 1270 g/mol. The fraction of sp³-hybridized carbons (Fsp3) is 0.483. The lowest BCUT2D eigenvalue weighted by Gasteiger charge is -2.31. The van der Waals surface area contributed by atoms with Crippen LogP contribution in [0, 0.1) is 0 Å². The fourth-order valence-electron chi connectivity index (χ4n) is 11.5. The molecule has 0 bridgehead atoms. The lowest BCUT2D eigenvalue weighted by Crippen LogP contribution is -2.34. The van der Waals surface area contributed by atoms with Crippen molar-refractivity contribution in [3.05, 3.63) is 95.2 Å². The average Bonchev–Trinajstić information content (AvgIpc) is 1.61. The minimum atomic E-state index is -5.46. The highest BCUT2D eigenvalue weighted by Gasteiger charge is 2.47. The number of hydrogen-bond donors (Lipinski definition) is 0. The summed E-state index contributed by atoms with van der Waals surface area (Å²) in [5.74, 6) is -1.99. The molecule has 4 aromatic carbocycles. The highest BCUT2D eigenvalue weighted by Crippen LogP contribution is 2.54. The van der Waals surface area contributed by atoms with Crippen LogP contribution in [0.5, 0.6) is 0 Å². The summed E-state index contributed by atoms with van der Waals surface area (Å²) in [6.07, 6.45) is 7.75. The van der Waals surface area contributed by atoms with E-state index in [1.165, 1.54) is 18.2 Å². The first-order chi connectivity index (χ1) is 41.6. The number of likely N-dealkylation sites (tertiary alicyclic amines) is 1. The Morgan fingerprint density at radius 2 is 1.13 bits per heavy atom. The van der Waals surface area contributed by atoms with E-state index < -0.39 is 98.6 Å². The van der Waals surface area contributed by atoms with Crippen LogP contribution in [-0.4, -0.2) is 190 Å². The van der Waals surface area contributed by atoms with E-state index in [2.05, 4.69) is 0 Å². The van der Waals surface area contributed by atoms with Gasteiger partial charge in [-0.2, -0.15) is 4.58 Å². The normalized spacial score (nSPS) is 18.0. The third-order valence-electron chi connectivity index (χ3n) is 15.7. The molecule has 4 aromatic rings. The van der Waals surface area contributed by atoms with Crippen LogP contribution >= 0.6 is 0 Å². The summed E-state index contributed by atoms with van der Waals surface area (Å²) in [5.41, 5.74) is 0.211. The molecule has 1 fully saturated rings. The van der Waals surface area contributed by atoms with Crippen molar-refractivity contribution in [3.63, 3.8) is 0 Å². The molecule has 0 aliphatic carbocycles. The molecule has 1 saturated heterocycles. The maximum absolute atomic E-state index is 12.9.